The Morgan fingerprint density at radius 1 is 1.21 bits per heavy atom. The Hall–Kier alpha value is -1.93. The van der Waals surface area contributed by atoms with E-state index >= 15 is 0 Å². The molecule has 0 saturated carbocycles. The lowest BCUT2D eigenvalue weighted by molar-refractivity contribution is -0.212. The lowest BCUT2D eigenvalue weighted by Crippen LogP contribution is -2.66. The molecule has 2 aliphatic heterocycles. The van der Waals surface area contributed by atoms with Gasteiger partial charge in [0.25, 0.3) is 0 Å². The molecular weight excluding hydrogens is 526 g/mol. The van der Waals surface area contributed by atoms with Crippen LogP contribution >= 0.6 is 11.8 Å². The fourth-order valence-electron chi connectivity index (χ4n) is 5.21. The number of thioether (sulfide) groups is 1. The van der Waals surface area contributed by atoms with Crippen LogP contribution < -0.4 is 11.1 Å². The molecule has 6 N–H and O–H groups in total. The summed E-state index contributed by atoms with van der Waals surface area (Å²) in [5, 5.41) is 35.0. The fraction of sp³-hybridized carbons (Fsp3) is 0.704. The van der Waals surface area contributed by atoms with Gasteiger partial charge in [-0.2, -0.15) is 0 Å². The molecule has 0 aliphatic carbocycles. The quantitative estimate of drug-likeness (QED) is 0.136. The first-order valence-electron chi connectivity index (χ1n) is 13.4. The number of aliphatic hydroxyl groups excluding tert-OH is 3. The number of nitrogen functional groups attached to an aromatic ring is 1. The molecule has 0 radical (unpaired) electrons. The number of carbonyl (C=O) groups is 2. The van der Waals surface area contributed by atoms with Crippen LogP contribution in [0.5, 0.6) is 0 Å². The molecule has 2 saturated heterocycles. The fourth-order valence-corrected chi connectivity index (χ4v) is 6.19. The molecule has 0 aromatic heterocycles. The monoisotopic (exact) mass is 569 g/mol. The maximum absolute atomic E-state index is 13.3. The average molecular weight is 570 g/mol. The van der Waals surface area contributed by atoms with Crippen LogP contribution in [0.15, 0.2) is 24.3 Å². The maximum Gasteiger partial charge on any atom is 0.338 e. The van der Waals surface area contributed by atoms with Crippen LogP contribution in [0.4, 0.5) is 5.69 Å². The van der Waals surface area contributed by atoms with Crippen molar-refractivity contribution in [1.82, 2.24) is 10.2 Å². The molecular formula is C27H43N3O8S. The number of methoxy groups -OCH3 is 1. The topological polar surface area (TPSA) is 164 Å². The van der Waals surface area contributed by atoms with Gasteiger partial charge in [0.2, 0.25) is 5.91 Å². The van der Waals surface area contributed by atoms with Gasteiger partial charge < -0.3 is 40.6 Å². The standard InChI is InChI=1S/C27H43N3O8S/c1-5-6-16-13-19(30(3)14-16)25(34)29-20(15(2)36-4)24-22(32)21(31)23(33)27(38-24)39-12-11-37-26(35)17-7-9-18(28)10-8-17/h7-10,15-16,19-24,27,31-33H,5-6,11-14,28H2,1-4H3,(H,29,34)/t15-,16-,19+,20-,21+,22-,23-,24-,27-/m1/s1. The van der Waals surface area contributed by atoms with E-state index in [1.165, 1.54) is 7.11 Å². The van der Waals surface area contributed by atoms with Gasteiger partial charge in [0.05, 0.1) is 23.8 Å². The van der Waals surface area contributed by atoms with E-state index in [-0.39, 0.29) is 24.3 Å². The van der Waals surface area contributed by atoms with Gasteiger partial charge in [-0.3, -0.25) is 9.69 Å². The van der Waals surface area contributed by atoms with Crippen molar-refractivity contribution in [3.8, 4) is 0 Å². The number of esters is 1. The van der Waals surface area contributed by atoms with E-state index in [2.05, 4.69) is 12.2 Å². The Kier molecular flexibility index (Phi) is 11.9. The Morgan fingerprint density at radius 2 is 1.90 bits per heavy atom. The van der Waals surface area contributed by atoms with E-state index in [0.717, 1.165) is 37.6 Å². The zero-order valence-electron chi connectivity index (χ0n) is 23.1. The molecule has 9 atom stereocenters. The third-order valence-electron chi connectivity index (χ3n) is 7.53. The first kappa shape index (κ1) is 31.6. The van der Waals surface area contributed by atoms with E-state index in [1.54, 1.807) is 31.2 Å². The van der Waals surface area contributed by atoms with Crippen molar-refractivity contribution in [1.29, 1.82) is 0 Å². The van der Waals surface area contributed by atoms with Gasteiger partial charge in [0, 0.05) is 25.1 Å². The van der Waals surface area contributed by atoms with Crippen LogP contribution in [0, 0.1) is 5.92 Å². The van der Waals surface area contributed by atoms with Crippen LogP contribution in [0.2, 0.25) is 0 Å². The molecule has 0 unspecified atom stereocenters. The summed E-state index contributed by atoms with van der Waals surface area (Å²) in [7, 11) is 3.42. The van der Waals surface area contributed by atoms with E-state index in [0.29, 0.717) is 17.2 Å². The third-order valence-corrected chi connectivity index (χ3v) is 8.65. The van der Waals surface area contributed by atoms with Gasteiger partial charge in [-0.25, -0.2) is 4.79 Å². The number of aliphatic hydroxyl groups is 3. The van der Waals surface area contributed by atoms with Crippen molar-refractivity contribution >= 4 is 29.3 Å². The smallest absolute Gasteiger partial charge is 0.338 e. The van der Waals surface area contributed by atoms with Crippen molar-refractivity contribution in [2.24, 2.45) is 5.92 Å². The van der Waals surface area contributed by atoms with Crippen molar-refractivity contribution < 1.29 is 39.1 Å². The second-order valence-corrected chi connectivity index (χ2v) is 11.6. The molecule has 1 aromatic carbocycles. The molecule has 39 heavy (non-hydrogen) atoms. The first-order valence-corrected chi connectivity index (χ1v) is 14.5. The Labute approximate surface area is 234 Å². The number of nitrogens with two attached hydrogens (primary N) is 1. The number of amides is 1. The summed E-state index contributed by atoms with van der Waals surface area (Å²) in [6, 6.07) is 5.25. The molecule has 0 spiro atoms. The number of ether oxygens (including phenoxy) is 3. The highest BCUT2D eigenvalue weighted by Gasteiger charge is 2.49. The zero-order chi connectivity index (χ0) is 28.7. The van der Waals surface area contributed by atoms with Crippen LogP contribution in [-0.4, -0.2) is 113 Å². The number of nitrogens with zero attached hydrogens (tertiary/aromatic N) is 1. The summed E-state index contributed by atoms with van der Waals surface area (Å²) in [6.45, 7) is 4.75. The van der Waals surface area contributed by atoms with E-state index in [4.69, 9.17) is 19.9 Å². The Bertz CT molecular complexity index is 938. The van der Waals surface area contributed by atoms with E-state index < -0.39 is 48.0 Å². The Morgan fingerprint density at radius 3 is 2.54 bits per heavy atom. The lowest BCUT2D eigenvalue weighted by Gasteiger charge is -2.44. The van der Waals surface area contributed by atoms with E-state index in [1.807, 2.05) is 11.9 Å². The van der Waals surface area contributed by atoms with E-state index in [9.17, 15) is 24.9 Å². The normalized spacial score (nSPS) is 31.0. The minimum atomic E-state index is -1.51. The summed E-state index contributed by atoms with van der Waals surface area (Å²) in [5.41, 5.74) is 5.61. The van der Waals surface area contributed by atoms with Crippen molar-refractivity contribution in [3.63, 3.8) is 0 Å². The SMILES string of the molecule is CCC[C@@H]1C[C@@H](C(=O)N[C@@H]([C@H]2O[C@H](SCCOC(=O)c3ccc(N)cc3)[C@H](O)[C@@H](O)[C@H]2O)[C@@H](C)OC)N(C)C1. The minimum Gasteiger partial charge on any atom is -0.461 e. The maximum atomic E-state index is 13.3. The van der Waals surface area contributed by atoms with Crippen molar-refractivity contribution in [3.05, 3.63) is 29.8 Å². The van der Waals surface area contributed by atoms with Crippen LogP contribution in [0.25, 0.3) is 0 Å². The summed E-state index contributed by atoms with van der Waals surface area (Å²) in [5.74, 6) is 0.00185. The molecule has 0 bridgehead atoms. The summed E-state index contributed by atoms with van der Waals surface area (Å²) in [6.07, 6.45) is -3.11. The molecule has 2 aliphatic rings. The third kappa shape index (κ3) is 8.06. The predicted molar refractivity (Wildman–Crippen MR) is 148 cm³/mol. The molecule has 2 heterocycles. The number of anilines is 1. The zero-order valence-corrected chi connectivity index (χ0v) is 23.9. The largest absolute Gasteiger partial charge is 0.461 e. The molecule has 1 amide bonds. The van der Waals surface area contributed by atoms with Crippen molar-refractivity contribution in [2.75, 3.05) is 38.8 Å². The highest BCUT2D eigenvalue weighted by atomic mass is 32.2. The van der Waals surface area contributed by atoms with Crippen LogP contribution in [-0.2, 0) is 19.0 Å². The van der Waals surface area contributed by atoms with Gasteiger partial charge in [-0.15, -0.1) is 11.8 Å². The molecule has 1 aromatic rings. The lowest BCUT2D eigenvalue weighted by atomic mass is 9.91. The number of hydrogen-bond donors (Lipinski definition) is 5. The molecule has 2 fully saturated rings. The number of hydrogen-bond acceptors (Lipinski definition) is 11. The highest BCUT2D eigenvalue weighted by molar-refractivity contribution is 7.99. The number of rotatable bonds is 12. The molecule has 3 rings (SSSR count). The molecule has 220 valence electrons. The number of carbonyl (C=O) groups excluding carboxylic acids is 2. The van der Waals surface area contributed by atoms with Crippen molar-refractivity contribution in [2.45, 2.75) is 81.1 Å². The van der Waals surface area contributed by atoms with Gasteiger partial charge in [-0.1, -0.05) is 13.3 Å². The van der Waals surface area contributed by atoms with Gasteiger partial charge >= 0.3 is 5.97 Å². The number of nitrogens with one attached hydrogen (secondary N) is 1. The second kappa shape index (κ2) is 14.6. The van der Waals surface area contributed by atoms with Gasteiger partial charge in [0.15, 0.2) is 0 Å². The molecule has 12 heteroatoms. The number of likely N-dealkylation sites (tertiary alicyclic amines) is 1. The summed E-state index contributed by atoms with van der Waals surface area (Å²) >= 11 is 1.14. The average Bonchev–Trinajstić information content (AvgIpc) is 3.29. The van der Waals surface area contributed by atoms with Crippen LogP contribution in [0.3, 0.4) is 0 Å². The summed E-state index contributed by atoms with van der Waals surface area (Å²) < 4.78 is 16.8. The highest BCUT2D eigenvalue weighted by Crippen LogP contribution is 2.32. The predicted octanol–water partition coefficient (Wildman–Crippen LogP) is 0.607. The minimum absolute atomic E-state index is 0.0331. The second-order valence-electron chi connectivity index (χ2n) is 10.4. The summed E-state index contributed by atoms with van der Waals surface area (Å²) in [4.78, 5) is 27.6. The number of likely N-dealkylation sites (N-methyl/N-ethyl adjacent to an activating group) is 1. The van der Waals surface area contributed by atoms with Crippen LogP contribution in [0.1, 0.15) is 43.5 Å². The Balaban J connectivity index is 1.62. The molecule has 11 nitrogen and oxygen atoms in total. The number of benzene rings is 1. The van der Waals surface area contributed by atoms with Gasteiger partial charge in [0.1, 0.15) is 36.5 Å². The van der Waals surface area contributed by atoms with Gasteiger partial charge in [-0.05, 0) is 57.0 Å². The first-order chi connectivity index (χ1) is 18.6.